The predicted molar refractivity (Wildman–Crippen MR) is 84.8 cm³/mol. The number of hydrogen-bond acceptors (Lipinski definition) is 4. The van der Waals surface area contributed by atoms with E-state index in [1.54, 1.807) is 11.3 Å². The molecule has 2 atom stereocenters. The zero-order valence-corrected chi connectivity index (χ0v) is 13.4. The first-order valence-corrected chi connectivity index (χ1v) is 8.04. The van der Waals surface area contributed by atoms with Gasteiger partial charge in [-0.3, -0.25) is 4.90 Å². The predicted octanol–water partition coefficient (Wildman–Crippen LogP) is 1.86. The lowest BCUT2D eigenvalue weighted by Crippen LogP contribution is -2.34. The maximum Gasteiger partial charge on any atom is 0.0540 e. The Morgan fingerprint density at radius 1 is 1.45 bits per heavy atom. The van der Waals surface area contributed by atoms with E-state index < -0.39 is 0 Å². The Morgan fingerprint density at radius 3 is 2.90 bits per heavy atom. The van der Waals surface area contributed by atoms with E-state index >= 15 is 0 Å². The van der Waals surface area contributed by atoms with Crippen molar-refractivity contribution in [2.24, 2.45) is 5.92 Å². The summed E-state index contributed by atoms with van der Waals surface area (Å²) in [5.41, 5.74) is 1.08. The number of hydrogen-bond donors (Lipinski definition) is 1. The SMILES string of the molecule is CC1CN(Cc2cc(C#CCCO)cs2)CC1N(C)C. The highest BCUT2D eigenvalue weighted by atomic mass is 32.1. The molecule has 0 radical (unpaired) electrons. The summed E-state index contributed by atoms with van der Waals surface area (Å²) in [6.07, 6.45) is 0.555. The lowest BCUT2D eigenvalue weighted by molar-refractivity contribution is 0.251. The Morgan fingerprint density at radius 2 is 2.25 bits per heavy atom. The van der Waals surface area contributed by atoms with E-state index in [1.807, 2.05) is 0 Å². The zero-order valence-electron chi connectivity index (χ0n) is 12.6. The first kappa shape index (κ1) is 15.5. The van der Waals surface area contributed by atoms with Gasteiger partial charge in [-0.1, -0.05) is 18.8 Å². The Balaban J connectivity index is 1.90. The van der Waals surface area contributed by atoms with Crippen LogP contribution in [0.4, 0.5) is 0 Å². The Kier molecular flexibility index (Phi) is 5.62. The highest BCUT2D eigenvalue weighted by Gasteiger charge is 2.30. The fourth-order valence-electron chi connectivity index (χ4n) is 2.82. The Hall–Kier alpha value is -0.860. The van der Waals surface area contributed by atoms with Gasteiger partial charge in [0.2, 0.25) is 0 Å². The van der Waals surface area contributed by atoms with Crippen molar-refractivity contribution in [1.82, 2.24) is 9.80 Å². The Bertz CT molecular complexity index is 486. The van der Waals surface area contributed by atoms with Gasteiger partial charge in [-0.15, -0.1) is 11.3 Å². The van der Waals surface area contributed by atoms with Crippen LogP contribution >= 0.6 is 11.3 Å². The molecule has 4 heteroatoms. The standard InChI is InChI=1S/C16H24N2OS/c1-13-9-18(11-16(13)17(2)3)10-15-8-14(12-20-15)6-4-5-7-19/h8,12-13,16,19H,5,7,9-11H2,1-3H3. The summed E-state index contributed by atoms with van der Waals surface area (Å²) in [5, 5.41) is 10.8. The molecule has 110 valence electrons. The van der Waals surface area contributed by atoms with Crippen molar-refractivity contribution < 1.29 is 5.11 Å². The summed E-state index contributed by atoms with van der Waals surface area (Å²) < 4.78 is 0. The molecule has 1 aromatic rings. The summed E-state index contributed by atoms with van der Waals surface area (Å²) in [5.74, 6) is 6.80. The van der Waals surface area contributed by atoms with Gasteiger partial charge in [-0.25, -0.2) is 0 Å². The van der Waals surface area contributed by atoms with Crippen molar-refractivity contribution in [3.8, 4) is 11.8 Å². The lowest BCUT2D eigenvalue weighted by Gasteiger charge is -2.22. The molecule has 2 heterocycles. The molecule has 0 saturated carbocycles. The van der Waals surface area contributed by atoms with Crippen LogP contribution in [0.15, 0.2) is 11.4 Å². The van der Waals surface area contributed by atoms with Crippen LogP contribution in [0.5, 0.6) is 0 Å². The fraction of sp³-hybridized carbons (Fsp3) is 0.625. The minimum atomic E-state index is 0.140. The van der Waals surface area contributed by atoms with Gasteiger partial charge in [0.1, 0.15) is 0 Å². The van der Waals surface area contributed by atoms with Gasteiger partial charge in [0.25, 0.3) is 0 Å². The second kappa shape index (κ2) is 7.24. The van der Waals surface area contributed by atoms with E-state index in [0.29, 0.717) is 12.5 Å². The van der Waals surface area contributed by atoms with E-state index in [0.717, 1.165) is 24.6 Å². The summed E-state index contributed by atoms with van der Waals surface area (Å²) >= 11 is 1.79. The molecule has 1 aliphatic heterocycles. The van der Waals surface area contributed by atoms with Gasteiger partial charge >= 0.3 is 0 Å². The molecule has 20 heavy (non-hydrogen) atoms. The molecule has 1 aromatic heterocycles. The number of nitrogens with zero attached hydrogens (tertiary/aromatic N) is 2. The molecule has 3 nitrogen and oxygen atoms in total. The van der Waals surface area contributed by atoms with Crippen LogP contribution in [0.1, 0.15) is 23.8 Å². The maximum atomic E-state index is 8.72. The van der Waals surface area contributed by atoms with Crippen LogP contribution in [0.3, 0.4) is 0 Å². The van der Waals surface area contributed by atoms with E-state index in [9.17, 15) is 0 Å². The minimum absolute atomic E-state index is 0.140. The summed E-state index contributed by atoms with van der Waals surface area (Å²) in [6.45, 7) is 5.83. The molecule has 0 aromatic carbocycles. The molecule has 1 fully saturated rings. The highest BCUT2D eigenvalue weighted by Crippen LogP contribution is 2.24. The quantitative estimate of drug-likeness (QED) is 0.858. The maximum absolute atomic E-state index is 8.72. The van der Waals surface area contributed by atoms with Crippen molar-refractivity contribution in [1.29, 1.82) is 0 Å². The molecule has 2 rings (SSSR count). The monoisotopic (exact) mass is 292 g/mol. The van der Waals surface area contributed by atoms with Gasteiger partial charge in [0.15, 0.2) is 0 Å². The second-order valence-electron chi connectivity index (χ2n) is 5.78. The summed E-state index contributed by atoms with van der Waals surface area (Å²) in [4.78, 5) is 6.25. The van der Waals surface area contributed by atoms with E-state index in [2.05, 4.69) is 54.1 Å². The Labute approximate surface area is 126 Å². The number of aliphatic hydroxyl groups is 1. The van der Waals surface area contributed by atoms with Crippen molar-refractivity contribution in [2.45, 2.75) is 25.9 Å². The van der Waals surface area contributed by atoms with Gasteiger partial charge in [-0.05, 0) is 26.1 Å². The molecule has 1 saturated heterocycles. The topological polar surface area (TPSA) is 26.7 Å². The fourth-order valence-corrected chi connectivity index (χ4v) is 3.68. The largest absolute Gasteiger partial charge is 0.395 e. The van der Waals surface area contributed by atoms with Crippen molar-refractivity contribution in [3.05, 3.63) is 21.9 Å². The van der Waals surface area contributed by atoms with E-state index in [4.69, 9.17) is 5.11 Å². The van der Waals surface area contributed by atoms with Crippen LogP contribution < -0.4 is 0 Å². The van der Waals surface area contributed by atoms with Crippen molar-refractivity contribution in [2.75, 3.05) is 33.8 Å². The average Bonchev–Trinajstić information content (AvgIpc) is 2.97. The molecule has 0 spiro atoms. The van der Waals surface area contributed by atoms with Gasteiger partial charge in [-0.2, -0.15) is 0 Å². The molecule has 2 unspecified atom stereocenters. The van der Waals surface area contributed by atoms with Crippen LogP contribution in [0, 0.1) is 17.8 Å². The first-order valence-electron chi connectivity index (χ1n) is 7.16. The number of thiophene rings is 1. The highest BCUT2D eigenvalue weighted by molar-refractivity contribution is 7.10. The van der Waals surface area contributed by atoms with Gasteiger partial charge < -0.3 is 10.0 Å². The molecular formula is C16H24N2OS. The molecular weight excluding hydrogens is 268 g/mol. The number of likely N-dealkylation sites (N-methyl/N-ethyl adjacent to an activating group) is 1. The van der Waals surface area contributed by atoms with E-state index in [-0.39, 0.29) is 6.61 Å². The smallest absolute Gasteiger partial charge is 0.0540 e. The van der Waals surface area contributed by atoms with Crippen LogP contribution in [0.2, 0.25) is 0 Å². The molecule has 1 aliphatic rings. The van der Waals surface area contributed by atoms with Crippen molar-refractivity contribution in [3.63, 3.8) is 0 Å². The second-order valence-corrected chi connectivity index (χ2v) is 6.78. The lowest BCUT2D eigenvalue weighted by atomic mass is 10.1. The van der Waals surface area contributed by atoms with Crippen LogP contribution in [-0.4, -0.2) is 54.7 Å². The van der Waals surface area contributed by atoms with Crippen LogP contribution in [0.25, 0.3) is 0 Å². The molecule has 0 amide bonds. The molecule has 0 aliphatic carbocycles. The number of likely N-dealkylation sites (tertiary alicyclic amines) is 1. The van der Waals surface area contributed by atoms with Gasteiger partial charge in [0.05, 0.1) is 6.61 Å². The third-order valence-electron chi connectivity index (χ3n) is 3.81. The minimum Gasteiger partial charge on any atom is -0.395 e. The molecule has 0 bridgehead atoms. The normalized spacial score (nSPS) is 23.1. The third kappa shape index (κ3) is 4.07. The zero-order chi connectivity index (χ0) is 14.5. The van der Waals surface area contributed by atoms with Crippen molar-refractivity contribution >= 4 is 11.3 Å². The molecule has 1 N–H and O–H groups in total. The van der Waals surface area contributed by atoms with Gasteiger partial charge in [0, 0.05) is 47.9 Å². The number of aliphatic hydroxyl groups excluding tert-OH is 1. The average molecular weight is 292 g/mol. The first-order chi connectivity index (χ1) is 9.60. The summed E-state index contributed by atoms with van der Waals surface area (Å²) in [6, 6.07) is 2.85. The summed E-state index contributed by atoms with van der Waals surface area (Å²) in [7, 11) is 4.34. The third-order valence-corrected chi connectivity index (χ3v) is 4.74. The van der Waals surface area contributed by atoms with Crippen LogP contribution in [-0.2, 0) is 6.54 Å². The number of rotatable bonds is 4. The van der Waals surface area contributed by atoms with E-state index in [1.165, 1.54) is 11.4 Å².